The molecule has 3 aromatic heterocycles. The number of rotatable bonds is 5. The average molecular weight is 301 g/mol. The molecule has 3 aromatic rings. The number of nitrogens with one attached hydrogen (secondary N) is 1. The van der Waals surface area contributed by atoms with E-state index in [1.165, 1.54) is 15.3 Å². The first-order chi connectivity index (χ1) is 10.2. The average Bonchev–Trinajstić information content (AvgIpc) is 3.03. The van der Waals surface area contributed by atoms with Gasteiger partial charge in [0.2, 0.25) is 0 Å². The van der Waals surface area contributed by atoms with E-state index in [4.69, 9.17) is 4.74 Å². The Morgan fingerprint density at radius 3 is 2.86 bits per heavy atom. The minimum absolute atomic E-state index is 0.795. The molecule has 0 atom stereocenters. The SMILES string of the molecule is COc1ccn2c(CNCc3cc(C)c(C)s3)cnc2c1. The van der Waals surface area contributed by atoms with E-state index in [1.807, 2.05) is 35.9 Å². The summed E-state index contributed by atoms with van der Waals surface area (Å²) in [7, 11) is 1.67. The first-order valence-corrected chi connectivity index (χ1v) is 7.75. The van der Waals surface area contributed by atoms with Crippen LogP contribution in [0.4, 0.5) is 0 Å². The van der Waals surface area contributed by atoms with Gasteiger partial charge in [0.25, 0.3) is 0 Å². The second-order valence-corrected chi connectivity index (χ2v) is 6.44. The first kappa shape index (κ1) is 14.1. The van der Waals surface area contributed by atoms with Crippen LogP contribution in [0.25, 0.3) is 5.65 Å². The number of methoxy groups -OCH3 is 1. The highest BCUT2D eigenvalue weighted by Crippen LogP contribution is 2.20. The first-order valence-electron chi connectivity index (χ1n) is 6.94. The fourth-order valence-corrected chi connectivity index (χ4v) is 3.35. The molecule has 0 unspecified atom stereocenters. The van der Waals surface area contributed by atoms with Crippen LogP contribution < -0.4 is 10.1 Å². The number of aromatic nitrogens is 2. The molecule has 0 saturated carbocycles. The highest BCUT2D eigenvalue weighted by molar-refractivity contribution is 7.12. The maximum Gasteiger partial charge on any atom is 0.140 e. The molecular weight excluding hydrogens is 282 g/mol. The predicted octanol–water partition coefficient (Wildman–Crippen LogP) is 3.31. The largest absolute Gasteiger partial charge is 0.497 e. The lowest BCUT2D eigenvalue weighted by Gasteiger charge is -2.05. The van der Waals surface area contributed by atoms with Gasteiger partial charge < -0.3 is 14.5 Å². The quantitative estimate of drug-likeness (QED) is 0.786. The lowest BCUT2D eigenvalue weighted by atomic mass is 10.3. The summed E-state index contributed by atoms with van der Waals surface area (Å²) < 4.78 is 7.30. The highest BCUT2D eigenvalue weighted by Gasteiger charge is 2.05. The van der Waals surface area contributed by atoms with E-state index >= 15 is 0 Å². The number of hydrogen-bond acceptors (Lipinski definition) is 4. The van der Waals surface area contributed by atoms with E-state index in [0.29, 0.717) is 0 Å². The summed E-state index contributed by atoms with van der Waals surface area (Å²) in [6.07, 6.45) is 3.91. The monoisotopic (exact) mass is 301 g/mol. The Morgan fingerprint density at radius 2 is 2.14 bits per heavy atom. The van der Waals surface area contributed by atoms with Crippen molar-refractivity contribution in [3.63, 3.8) is 0 Å². The van der Waals surface area contributed by atoms with Crippen molar-refractivity contribution in [1.82, 2.24) is 14.7 Å². The topological polar surface area (TPSA) is 38.6 Å². The summed E-state index contributed by atoms with van der Waals surface area (Å²) in [5.41, 5.74) is 3.44. The van der Waals surface area contributed by atoms with Crippen molar-refractivity contribution >= 4 is 17.0 Å². The van der Waals surface area contributed by atoms with E-state index in [9.17, 15) is 0 Å². The minimum atomic E-state index is 0.795. The molecule has 0 aliphatic heterocycles. The molecule has 21 heavy (non-hydrogen) atoms. The Balaban J connectivity index is 1.68. The lowest BCUT2D eigenvalue weighted by molar-refractivity contribution is 0.414. The molecule has 110 valence electrons. The van der Waals surface area contributed by atoms with Gasteiger partial charge in [-0.1, -0.05) is 0 Å². The van der Waals surface area contributed by atoms with E-state index in [-0.39, 0.29) is 0 Å². The van der Waals surface area contributed by atoms with Crippen LogP contribution in [0, 0.1) is 13.8 Å². The van der Waals surface area contributed by atoms with Crippen molar-refractivity contribution in [2.45, 2.75) is 26.9 Å². The Kier molecular flexibility index (Phi) is 3.94. The Labute approximate surface area is 128 Å². The molecule has 3 heterocycles. The van der Waals surface area contributed by atoms with Gasteiger partial charge in [-0.25, -0.2) is 4.98 Å². The third kappa shape index (κ3) is 2.94. The van der Waals surface area contributed by atoms with Gasteiger partial charge in [0.1, 0.15) is 11.4 Å². The zero-order valence-electron chi connectivity index (χ0n) is 12.5. The van der Waals surface area contributed by atoms with Crippen molar-refractivity contribution in [2.75, 3.05) is 7.11 Å². The van der Waals surface area contributed by atoms with E-state index in [2.05, 4.69) is 34.6 Å². The molecule has 0 bridgehead atoms. The third-order valence-electron chi connectivity index (χ3n) is 3.62. The molecule has 5 heteroatoms. The summed E-state index contributed by atoms with van der Waals surface area (Å²) in [5.74, 6) is 0.831. The third-order valence-corrected chi connectivity index (χ3v) is 4.77. The van der Waals surface area contributed by atoms with Crippen LogP contribution in [0.2, 0.25) is 0 Å². The molecule has 0 amide bonds. The second kappa shape index (κ2) is 5.87. The van der Waals surface area contributed by atoms with E-state index in [0.717, 1.165) is 30.2 Å². The molecule has 0 aliphatic carbocycles. The van der Waals surface area contributed by atoms with Crippen LogP contribution in [-0.2, 0) is 13.1 Å². The van der Waals surface area contributed by atoms with Gasteiger partial charge in [0, 0.05) is 35.1 Å². The van der Waals surface area contributed by atoms with Crippen molar-refractivity contribution in [3.05, 3.63) is 51.6 Å². The molecule has 0 aliphatic rings. The normalized spacial score (nSPS) is 11.2. The van der Waals surface area contributed by atoms with Crippen molar-refractivity contribution < 1.29 is 4.74 Å². The van der Waals surface area contributed by atoms with Gasteiger partial charge in [-0.3, -0.25) is 0 Å². The molecular formula is C16H19N3OS. The zero-order chi connectivity index (χ0) is 14.8. The van der Waals surface area contributed by atoms with Crippen LogP contribution in [0.15, 0.2) is 30.6 Å². The number of pyridine rings is 1. The highest BCUT2D eigenvalue weighted by atomic mass is 32.1. The minimum Gasteiger partial charge on any atom is -0.497 e. The number of nitrogens with zero attached hydrogens (tertiary/aromatic N) is 2. The lowest BCUT2D eigenvalue weighted by Crippen LogP contribution is -2.13. The fourth-order valence-electron chi connectivity index (χ4n) is 2.32. The van der Waals surface area contributed by atoms with Crippen LogP contribution >= 0.6 is 11.3 Å². The van der Waals surface area contributed by atoms with E-state index < -0.39 is 0 Å². The standard InChI is InChI=1S/C16H19N3OS/c1-11-6-15(21-12(11)2)10-17-8-13-9-18-16-7-14(20-3)4-5-19(13)16/h4-7,9,17H,8,10H2,1-3H3. The summed E-state index contributed by atoms with van der Waals surface area (Å²) in [5, 5.41) is 3.48. The summed E-state index contributed by atoms with van der Waals surface area (Å²) in [6, 6.07) is 6.14. The van der Waals surface area contributed by atoms with Crippen molar-refractivity contribution in [2.24, 2.45) is 0 Å². The molecule has 0 fully saturated rings. The van der Waals surface area contributed by atoms with Crippen molar-refractivity contribution in [3.8, 4) is 5.75 Å². The van der Waals surface area contributed by atoms with Crippen molar-refractivity contribution in [1.29, 1.82) is 0 Å². The number of thiophene rings is 1. The van der Waals surface area contributed by atoms with Gasteiger partial charge in [-0.2, -0.15) is 0 Å². The van der Waals surface area contributed by atoms with Crippen LogP contribution in [-0.4, -0.2) is 16.5 Å². The molecule has 0 radical (unpaired) electrons. The van der Waals surface area contributed by atoms with Crippen LogP contribution in [0.5, 0.6) is 5.75 Å². The molecule has 1 N–H and O–H groups in total. The van der Waals surface area contributed by atoms with Gasteiger partial charge in [-0.15, -0.1) is 11.3 Å². The van der Waals surface area contributed by atoms with Gasteiger partial charge in [0.05, 0.1) is 19.0 Å². The number of imidazole rings is 1. The summed E-state index contributed by atoms with van der Waals surface area (Å²) in [4.78, 5) is 7.19. The Hall–Kier alpha value is -1.85. The number of aryl methyl sites for hydroxylation is 2. The molecule has 4 nitrogen and oxygen atoms in total. The molecule has 3 rings (SSSR count). The molecule has 0 saturated heterocycles. The van der Waals surface area contributed by atoms with Gasteiger partial charge in [0.15, 0.2) is 0 Å². The van der Waals surface area contributed by atoms with Crippen LogP contribution in [0.3, 0.4) is 0 Å². The number of hydrogen-bond donors (Lipinski definition) is 1. The smallest absolute Gasteiger partial charge is 0.140 e. The number of ether oxygens (including phenoxy) is 1. The number of fused-ring (bicyclic) bond motifs is 1. The van der Waals surface area contributed by atoms with Gasteiger partial charge >= 0.3 is 0 Å². The Bertz CT molecular complexity index is 741. The van der Waals surface area contributed by atoms with Crippen LogP contribution in [0.1, 0.15) is 21.0 Å². The zero-order valence-corrected chi connectivity index (χ0v) is 13.3. The molecule has 0 aromatic carbocycles. The maximum absolute atomic E-state index is 5.22. The van der Waals surface area contributed by atoms with E-state index in [1.54, 1.807) is 7.11 Å². The van der Waals surface area contributed by atoms with Gasteiger partial charge in [-0.05, 0) is 31.5 Å². The summed E-state index contributed by atoms with van der Waals surface area (Å²) >= 11 is 1.86. The summed E-state index contributed by atoms with van der Waals surface area (Å²) in [6.45, 7) is 6.01. The molecule has 0 spiro atoms. The maximum atomic E-state index is 5.22. The Morgan fingerprint density at radius 1 is 1.29 bits per heavy atom. The second-order valence-electron chi connectivity index (χ2n) is 5.10. The fraction of sp³-hybridized carbons (Fsp3) is 0.312. The predicted molar refractivity (Wildman–Crippen MR) is 86.1 cm³/mol.